The van der Waals surface area contributed by atoms with Crippen molar-refractivity contribution in [3.63, 3.8) is 0 Å². The van der Waals surface area contributed by atoms with Crippen LogP contribution in [0.15, 0.2) is 28.8 Å². The molecule has 19 heavy (non-hydrogen) atoms. The Labute approximate surface area is 114 Å². The molecule has 0 spiro atoms. The van der Waals surface area contributed by atoms with Crippen molar-refractivity contribution < 1.29 is 9.21 Å². The summed E-state index contributed by atoms with van der Waals surface area (Å²) in [6, 6.07) is 5.80. The smallest absolute Gasteiger partial charge is 0.239 e. The lowest BCUT2D eigenvalue weighted by Gasteiger charge is -2.29. The lowest BCUT2D eigenvalue weighted by molar-refractivity contribution is -0.121. The second-order valence-electron chi connectivity index (χ2n) is 4.79. The highest BCUT2D eigenvalue weighted by Gasteiger charge is 2.43. The van der Waals surface area contributed by atoms with Crippen LogP contribution in [-0.4, -0.2) is 39.9 Å². The Hall–Kier alpha value is -1.53. The number of hydrogen-bond acceptors (Lipinski definition) is 5. The molecule has 2 fully saturated rings. The first kappa shape index (κ1) is 11.3. The number of rotatable bonds is 1. The van der Waals surface area contributed by atoms with Gasteiger partial charge in [0, 0.05) is 29.6 Å². The number of pyridine rings is 1. The lowest BCUT2D eigenvalue weighted by Crippen LogP contribution is -2.41. The van der Waals surface area contributed by atoms with Crippen molar-refractivity contribution in [2.45, 2.75) is 12.2 Å². The van der Waals surface area contributed by atoms with E-state index in [4.69, 9.17) is 4.42 Å². The summed E-state index contributed by atoms with van der Waals surface area (Å²) < 4.78 is 5.77. The quantitative estimate of drug-likeness (QED) is 0.852. The first-order valence-electron chi connectivity index (χ1n) is 6.31. The molecule has 0 radical (unpaired) electrons. The van der Waals surface area contributed by atoms with Crippen molar-refractivity contribution in [2.24, 2.45) is 0 Å². The third-order valence-corrected chi connectivity index (χ3v) is 4.69. The van der Waals surface area contributed by atoms with Crippen LogP contribution in [0.1, 0.15) is 11.9 Å². The van der Waals surface area contributed by atoms with Gasteiger partial charge in [-0.15, -0.1) is 0 Å². The molecule has 2 atom stereocenters. The Bertz CT molecular complexity index is 609. The van der Waals surface area contributed by atoms with Crippen molar-refractivity contribution in [1.29, 1.82) is 0 Å². The zero-order chi connectivity index (χ0) is 12.8. The second kappa shape index (κ2) is 4.25. The molecule has 0 bridgehead atoms. The highest BCUT2D eigenvalue weighted by atomic mass is 32.2. The molecule has 6 heteroatoms. The Kier molecular flexibility index (Phi) is 2.53. The van der Waals surface area contributed by atoms with Gasteiger partial charge < -0.3 is 9.73 Å². The Balaban J connectivity index is 1.73. The van der Waals surface area contributed by atoms with Gasteiger partial charge in [-0.1, -0.05) is 0 Å². The molecule has 0 saturated carbocycles. The van der Waals surface area contributed by atoms with E-state index < -0.39 is 0 Å². The van der Waals surface area contributed by atoms with Crippen LogP contribution in [0.2, 0.25) is 0 Å². The maximum Gasteiger partial charge on any atom is 0.239 e. The molecular weight excluding hydrogens is 262 g/mol. The van der Waals surface area contributed by atoms with Gasteiger partial charge in [0.05, 0.1) is 0 Å². The molecule has 98 valence electrons. The van der Waals surface area contributed by atoms with E-state index in [1.165, 1.54) is 0 Å². The number of hydrogen-bond donors (Lipinski definition) is 1. The van der Waals surface area contributed by atoms with Crippen LogP contribution in [0.5, 0.6) is 0 Å². The minimum Gasteiger partial charge on any atom is -0.439 e. The van der Waals surface area contributed by atoms with Crippen molar-refractivity contribution >= 4 is 28.8 Å². The number of nitrogens with one attached hydrogen (secondary N) is 1. The fourth-order valence-electron chi connectivity index (χ4n) is 2.73. The van der Waals surface area contributed by atoms with Crippen molar-refractivity contribution in [3.8, 4) is 0 Å². The van der Waals surface area contributed by atoms with Gasteiger partial charge in [0.25, 0.3) is 0 Å². The van der Waals surface area contributed by atoms with Gasteiger partial charge in [-0.2, -0.15) is 11.8 Å². The third-order valence-electron chi connectivity index (χ3n) is 3.67. The van der Waals surface area contributed by atoms with Crippen molar-refractivity contribution in [1.82, 2.24) is 15.2 Å². The molecule has 2 aromatic rings. The van der Waals surface area contributed by atoms with Gasteiger partial charge in [0.15, 0.2) is 0 Å². The van der Waals surface area contributed by atoms with Gasteiger partial charge >= 0.3 is 0 Å². The highest BCUT2D eigenvalue weighted by Crippen LogP contribution is 2.33. The van der Waals surface area contributed by atoms with Gasteiger partial charge in [0.2, 0.25) is 11.6 Å². The highest BCUT2D eigenvalue weighted by molar-refractivity contribution is 7.99. The summed E-state index contributed by atoms with van der Waals surface area (Å²) in [5.41, 5.74) is 0.626. The number of carbonyl (C=O) groups is 1. The molecule has 1 amide bonds. The second-order valence-corrected chi connectivity index (χ2v) is 5.94. The monoisotopic (exact) mass is 275 g/mol. The van der Waals surface area contributed by atoms with Gasteiger partial charge in [-0.05, 0) is 18.2 Å². The molecule has 2 unspecified atom stereocenters. The average Bonchev–Trinajstić information content (AvgIpc) is 3.01. The largest absolute Gasteiger partial charge is 0.439 e. The van der Waals surface area contributed by atoms with Crippen LogP contribution in [0.4, 0.5) is 0 Å². The number of nitrogens with zero attached hydrogens (tertiary/aromatic N) is 2. The minimum atomic E-state index is -0.146. The maximum atomic E-state index is 12.0. The van der Waals surface area contributed by atoms with Crippen LogP contribution in [0, 0.1) is 0 Å². The van der Waals surface area contributed by atoms with Gasteiger partial charge in [-0.25, -0.2) is 4.98 Å². The van der Waals surface area contributed by atoms with E-state index in [9.17, 15) is 4.79 Å². The number of furan rings is 1. The molecule has 4 heterocycles. The topological polar surface area (TPSA) is 58.4 Å². The zero-order valence-corrected chi connectivity index (χ0v) is 11.0. The van der Waals surface area contributed by atoms with Crippen LogP contribution in [-0.2, 0) is 4.79 Å². The molecule has 5 nitrogen and oxygen atoms in total. The SMILES string of the molecule is O=C1NC(c2cc3cccnc3o2)N2CCSCC12. The molecule has 0 aliphatic carbocycles. The van der Waals surface area contributed by atoms with E-state index in [1.54, 1.807) is 6.20 Å². The summed E-state index contributed by atoms with van der Waals surface area (Å²) >= 11 is 1.83. The third kappa shape index (κ3) is 1.74. The van der Waals surface area contributed by atoms with Crippen molar-refractivity contribution in [2.75, 3.05) is 18.1 Å². The Morgan fingerprint density at radius 2 is 2.47 bits per heavy atom. The van der Waals surface area contributed by atoms with E-state index >= 15 is 0 Å². The fourth-order valence-corrected chi connectivity index (χ4v) is 3.80. The summed E-state index contributed by atoms with van der Waals surface area (Å²) in [7, 11) is 0. The molecule has 0 aromatic carbocycles. The van der Waals surface area contributed by atoms with Crippen LogP contribution >= 0.6 is 11.8 Å². The predicted molar refractivity (Wildman–Crippen MR) is 72.7 cm³/mol. The maximum absolute atomic E-state index is 12.0. The Morgan fingerprint density at radius 1 is 1.53 bits per heavy atom. The van der Waals surface area contributed by atoms with E-state index in [-0.39, 0.29) is 18.1 Å². The minimum absolute atomic E-state index is 0.0232. The average molecular weight is 275 g/mol. The summed E-state index contributed by atoms with van der Waals surface area (Å²) in [5, 5.41) is 4.00. The molecular formula is C13H13N3O2S. The van der Waals surface area contributed by atoms with Crippen molar-refractivity contribution in [3.05, 3.63) is 30.2 Å². The number of carbonyl (C=O) groups excluding carboxylic acids is 1. The molecule has 2 aliphatic heterocycles. The van der Waals surface area contributed by atoms with E-state index in [0.29, 0.717) is 5.71 Å². The normalized spacial score (nSPS) is 27.5. The lowest BCUT2D eigenvalue weighted by atomic mass is 10.2. The summed E-state index contributed by atoms with van der Waals surface area (Å²) in [6.45, 7) is 0.906. The van der Waals surface area contributed by atoms with Gasteiger partial charge in [-0.3, -0.25) is 9.69 Å². The van der Waals surface area contributed by atoms with E-state index in [1.807, 2.05) is 30.0 Å². The van der Waals surface area contributed by atoms with Crippen LogP contribution in [0.3, 0.4) is 0 Å². The summed E-state index contributed by atoms with van der Waals surface area (Å²) in [4.78, 5) is 18.4. The number of aromatic nitrogens is 1. The molecule has 2 aliphatic rings. The standard InChI is InChI=1S/C13H13N3O2S/c17-12-9-7-19-5-4-16(9)11(15-12)10-6-8-2-1-3-14-13(8)18-10/h1-3,6,9,11H,4-5,7H2,(H,15,17). The van der Waals surface area contributed by atoms with E-state index in [2.05, 4.69) is 15.2 Å². The molecule has 2 aromatic heterocycles. The first-order chi connectivity index (χ1) is 9.33. The number of thioether (sulfide) groups is 1. The first-order valence-corrected chi connectivity index (χ1v) is 7.47. The van der Waals surface area contributed by atoms with Crippen LogP contribution in [0.25, 0.3) is 11.1 Å². The fraction of sp³-hybridized carbons (Fsp3) is 0.385. The predicted octanol–water partition coefficient (Wildman–Crippen LogP) is 1.37. The molecule has 2 saturated heterocycles. The summed E-state index contributed by atoms with van der Waals surface area (Å²) in [6.07, 6.45) is 1.57. The van der Waals surface area contributed by atoms with Crippen LogP contribution < -0.4 is 5.32 Å². The molecule has 1 N–H and O–H groups in total. The molecule has 4 rings (SSSR count). The van der Waals surface area contributed by atoms with E-state index in [0.717, 1.165) is 29.2 Å². The Morgan fingerprint density at radius 3 is 3.37 bits per heavy atom. The zero-order valence-electron chi connectivity index (χ0n) is 10.2. The number of fused-ring (bicyclic) bond motifs is 2. The summed E-state index contributed by atoms with van der Waals surface area (Å²) in [5.74, 6) is 2.79. The van der Waals surface area contributed by atoms with Gasteiger partial charge in [0.1, 0.15) is 18.0 Å². The number of amides is 1.